The van der Waals surface area contributed by atoms with Gasteiger partial charge in [0.05, 0.1) is 17.4 Å². The second-order valence-electron chi connectivity index (χ2n) is 7.37. The molecule has 3 aromatic rings. The van der Waals surface area contributed by atoms with Crippen LogP contribution < -0.4 is 10.6 Å². The molecule has 1 aromatic heterocycles. The maximum atomic E-state index is 12.6. The smallest absolute Gasteiger partial charge is 0.335 e. The molecular formula is C23H25N5O4S. The van der Waals surface area contributed by atoms with Gasteiger partial charge >= 0.3 is 5.97 Å². The van der Waals surface area contributed by atoms with Crippen molar-refractivity contribution in [3.63, 3.8) is 0 Å². The first kappa shape index (κ1) is 24.0. The minimum atomic E-state index is -1.06. The summed E-state index contributed by atoms with van der Waals surface area (Å²) in [5.74, 6) is -0.896. The van der Waals surface area contributed by atoms with Crippen LogP contribution in [0.3, 0.4) is 0 Å². The maximum Gasteiger partial charge on any atom is 0.335 e. The van der Waals surface area contributed by atoms with Crippen LogP contribution in [0.4, 0.5) is 5.69 Å². The molecule has 10 heteroatoms. The number of aromatic nitrogens is 3. The summed E-state index contributed by atoms with van der Waals surface area (Å²) in [6.45, 7) is 6.26. The van der Waals surface area contributed by atoms with E-state index in [-0.39, 0.29) is 29.2 Å². The molecule has 2 amide bonds. The number of carboxylic acid groups (broad SMARTS) is 1. The van der Waals surface area contributed by atoms with Crippen LogP contribution in [0.5, 0.6) is 0 Å². The summed E-state index contributed by atoms with van der Waals surface area (Å²) in [5.41, 5.74) is 2.07. The number of thioether (sulfide) groups is 1. The number of amides is 2. The quantitative estimate of drug-likeness (QED) is 0.411. The zero-order valence-electron chi connectivity index (χ0n) is 18.5. The van der Waals surface area contributed by atoms with E-state index < -0.39 is 5.97 Å². The number of benzene rings is 2. The highest BCUT2D eigenvalue weighted by molar-refractivity contribution is 7.99. The summed E-state index contributed by atoms with van der Waals surface area (Å²) in [6.07, 6.45) is 0. The van der Waals surface area contributed by atoms with E-state index in [1.54, 1.807) is 18.2 Å². The highest BCUT2D eigenvalue weighted by atomic mass is 32.2. The molecule has 1 atom stereocenters. The molecule has 0 radical (unpaired) electrons. The van der Waals surface area contributed by atoms with Crippen LogP contribution in [-0.4, -0.2) is 43.4 Å². The Labute approximate surface area is 195 Å². The molecule has 0 fully saturated rings. The van der Waals surface area contributed by atoms with Crippen LogP contribution in [0.15, 0.2) is 53.7 Å². The standard InChI is InChI=1S/C23H25N5O4S/c1-4-28-20(15(3)24-21(30)16-8-5-7-14(2)11-16)26-27-23(28)33-13-19(29)25-18-10-6-9-17(12-18)22(31)32/h5-12,15H,4,13H2,1-3H3,(H,24,30)(H,25,29)(H,31,32)/t15-/m0/s1. The van der Waals surface area contributed by atoms with Gasteiger partial charge in [-0.05, 0) is 51.1 Å². The monoisotopic (exact) mass is 467 g/mol. The molecule has 0 unspecified atom stereocenters. The van der Waals surface area contributed by atoms with Gasteiger partial charge in [0.15, 0.2) is 11.0 Å². The maximum absolute atomic E-state index is 12.6. The largest absolute Gasteiger partial charge is 0.478 e. The van der Waals surface area contributed by atoms with E-state index >= 15 is 0 Å². The Bertz CT molecular complexity index is 1180. The zero-order valence-corrected chi connectivity index (χ0v) is 19.3. The predicted octanol–water partition coefficient (Wildman–Crippen LogP) is 3.53. The van der Waals surface area contributed by atoms with E-state index in [9.17, 15) is 14.4 Å². The lowest BCUT2D eigenvalue weighted by molar-refractivity contribution is -0.113. The van der Waals surface area contributed by atoms with Crippen LogP contribution in [0.1, 0.15) is 52.0 Å². The molecule has 33 heavy (non-hydrogen) atoms. The van der Waals surface area contributed by atoms with Gasteiger partial charge in [-0.2, -0.15) is 0 Å². The molecule has 3 rings (SSSR count). The van der Waals surface area contributed by atoms with Crippen molar-refractivity contribution in [2.24, 2.45) is 0 Å². The van der Waals surface area contributed by atoms with Crippen molar-refractivity contribution in [2.45, 2.75) is 38.5 Å². The van der Waals surface area contributed by atoms with Crippen molar-refractivity contribution in [2.75, 3.05) is 11.1 Å². The molecular weight excluding hydrogens is 442 g/mol. The van der Waals surface area contributed by atoms with E-state index in [0.717, 1.165) is 5.56 Å². The lowest BCUT2D eigenvalue weighted by Crippen LogP contribution is -2.28. The summed E-state index contributed by atoms with van der Waals surface area (Å²) in [7, 11) is 0. The summed E-state index contributed by atoms with van der Waals surface area (Å²) in [5, 5.41) is 23.7. The number of carbonyl (C=O) groups excluding carboxylic acids is 2. The number of hydrogen-bond donors (Lipinski definition) is 3. The van der Waals surface area contributed by atoms with Crippen LogP contribution in [0, 0.1) is 6.92 Å². The Hall–Kier alpha value is -3.66. The van der Waals surface area contributed by atoms with Crippen LogP contribution >= 0.6 is 11.8 Å². The molecule has 0 spiro atoms. The Morgan fingerprint density at radius 2 is 1.82 bits per heavy atom. The number of nitrogens with one attached hydrogen (secondary N) is 2. The zero-order chi connectivity index (χ0) is 24.0. The Kier molecular flexibility index (Phi) is 7.83. The molecule has 0 aliphatic rings. The van der Waals surface area contributed by atoms with E-state index in [4.69, 9.17) is 5.11 Å². The van der Waals surface area contributed by atoms with E-state index in [1.807, 2.05) is 43.5 Å². The van der Waals surface area contributed by atoms with Crippen molar-refractivity contribution in [3.8, 4) is 0 Å². The second-order valence-corrected chi connectivity index (χ2v) is 8.31. The molecule has 3 N–H and O–H groups in total. The fourth-order valence-corrected chi connectivity index (χ4v) is 4.02. The number of carboxylic acids is 1. The lowest BCUT2D eigenvalue weighted by Gasteiger charge is -2.15. The number of nitrogens with zero attached hydrogens (tertiary/aromatic N) is 3. The molecule has 0 aliphatic carbocycles. The van der Waals surface area contributed by atoms with Gasteiger partial charge in [-0.25, -0.2) is 4.79 Å². The van der Waals surface area contributed by atoms with Crippen molar-refractivity contribution in [3.05, 3.63) is 71.0 Å². The number of anilines is 1. The van der Waals surface area contributed by atoms with E-state index in [0.29, 0.717) is 28.8 Å². The van der Waals surface area contributed by atoms with Gasteiger partial charge in [0.1, 0.15) is 0 Å². The molecule has 0 aliphatic heterocycles. The topological polar surface area (TPSA) is 126 Å². The fraction of sp³-hybridized carbons (Fsp3) is 0.261. The number of hydrogen-bond acceptors (Lipinski definition) is 6. The Morgan fingerprint density at radius 3 is 2.52 bits per heavy atom. The Morgan fingerprint density at radius 1 is 1.09 bits per heavy atom. The summed E-state index contributed by atoms with van der Waals surface area (Å²) in [6, 6.07) is 13.0. The molecule has 0 saturated heterocycles. The average Bonchev–Trinajstić information content (AvgIpc) is 3.21. The first-order chi connectivity index (χ1) is 15.8. The highest BCUT2D eigenvalue weighted by Crippen LogP contribution is 2.21. The first-order valence-electron chi connectivity index (χ1n) is 10.3. The number of aromatic carboxylic acids is 1. The van der Waals surface area contributed by atoms with Gasteiger partial charge in [0.25, 0.3) is 5.91 Å². The molecule has 0 bridgehead atoms. The number of rotatable bonds is 9. The van der Waals surface area contributed by atoms with Crippen molar-refractivity contribution in [1.29, 1.82) is 0 Å². The molecule has 9 nitrogen and oxygen atoms in total. The Balaban J connectivity index is 1.62. The van der Waals surface area contributed by atoms with Gasteiger partial charge in [-0.3, -0.25) is 9.59 Å². The fourth-order valence-electron chi connectivity index (χ4n) is 3.21. The third-order valence-corrected chi connectivity index (χ3v) is 5.77. The summed E-state index contributed by atoms with van der Waals surface area (Å²) in [4.78, 5) is 36.0. The second kappa shape index (κ2) is 10.8. The van der Waals surface area contributed by atoms with Crippen LogP contribution in [0.2, 0.25) is 0 Å². The van der Waals surface area contributed by atoms with Gasteiger partial charge in [0, 0.05) is 17.8 Å². The summed E-state index contributed by atoms with van der Waals surface area (Å²) >= 11 is 1.21. The van der Waals surface area contributed by atoms with E-state index in [2.05, 4.69) is 20.8 Å². The average molecular weight is 468 g/mol. The van der Waals surface area contributed by atoms with Crippen LogP contribution in [0.25, 0.3) is 0 Å². The van der Waals surface area contributed by atoms with Crippen molar-refractivity contribution >= 4 is 35.2 Å². The molecule has 2 aromatic carbocycles. The first-order valence-corrected chi connectivity index (χ1v) is 11.3. The van der Waals surface area contributed by atoms with Crippen molar-refractivity contribution in [1.82, 2.24) is 20.1 Å². The molecule has 1 heterocycles. The highest BCUT2D eigenvalue weighted by Gasteiger charge is 2.20. The van der Waals surface area contributed by atoms with Gasteiger partial charge in [-0.1, -0.05) is 35.5 Å². The van der Waals surface area contributed by atoms with Crippen LogP contribution in [-0.2, 0) is 11.3 Å². The predicted molar refractivity (Wildman–Crippen MR) is 126 cm³/mol. The van der Waals surface area contributed by atoms with E-state index in [1.165, 1.54) is 23.9 Å². The van der Waals surface area contributed by atoms with Gasteiger partial charge in [0.2, 0.25) is 5.91 Å². The van der Waals surface area contributed by atoms with Gasteiger partial charge < -0.3 is 20.3 Å². The van der Waals surface area contributed by atoms with Gasteiger partial charge in [-0.15, -0.1) is 10.2 Å². The lowest BCUT2D eigenvalue weighted by atomic mass is 10.1. The minimum absolute atomic E-state index is 0.0689. The third kappa shape index (κ3) is 6.19. The van der Waals surface area contributed by atoms with Crippen molar-refractivity contribution < 1.29 is 19.5 Å². The molecule has 172 valence electrons. The minimum Gasteiger partial charge on any atom is -0.478 e. The summed E-state index contributed by atoms with van der Waals surface area (Å²) < 4.78 is 1.85. The number of aryl methyl sites for hydroxylation is 1. The SMILES string of the molecule is CCn1c(SCC(=O)Nc2cccc(C(=O)O)c2)nnc1[C@H](C)NC(=O)c1cccc(C)c1. The third-order valence-electron chi connectivity index (χ3n) is 4.80. The normalized spacial score (nSPS) is 11.6. The number of carbonyl (C=O) groups is 3. The molecule has 0 saturated carbocycles.